The molecule has 0 aromatic carbocycles. The highest BCUT2D eigenvalue weighted by atomic mass is 16.5. The summed E-state index contributed by atoms with van der Waals surface area (Å²) >= 11 is 0. The summed E-state index contributed by atoms with van der Waals surface area (Å²) in [5.41, 5.74) is 0.595. The molecule has 0 aliphatic carbocycles. The highest BCUT2D eigenvalue weighted by molar-refractivity contribution is 4.99. The molecule has 0 aromatic rings. The molecule has 1 heterocycles. The first kappa shape index (κ1) is 17.9. The molecule has 20 heavy (non-hydrogen) atoms. The van der Waals surface area contributed by atoms with Gasteiger partial charge in [-0.3, -0.25) is 4.90 Å². The summed E-state index contributed by atoms with van der Waals surface area (Å²) in [6.07, 6.45) is 2.72. The lowest BCUT2D eigenvalue weighted by Crippen LogP contribution is -2.66. The average molecular weight is 284 g/mol. The zero-order chi connectivity index (χ0) is 15.4. The molecule has 0 spiro atoms. The third-order valence-electron chi connectivity index (χ3n) is 4.80. The van der Waals surface area contributed by atoms with Crippen LogP contribution < -0.4 is 5.32 Å². The zero-order valence-corrected chi connectivity index (χ0v) is 14.8. The van der Waals surface area contributed by atoms with Gasteiger partial charge in [0.25, 0.3) is 0 Å². The normalized spacial score (nSPS) is 24.3. The predicted octanol–water partition coefficient (Wildman–Crippen LogP) is 3.29. The number of rotatable bonds is 6. The number of piperazine rings is 1. The van der Waals surface area contributed by atoms with Crippen LogP contribution in [0.1, 0.15) is 61.3 Å². The Morgan fingerprint density at radius 2 is 1.85 bits per heavy atom. The van der Waals surface area contributed by atoms with Gasteiger partial charge in [0.15, 0.2) is 0 Å². The van der Waals surface area contributed by atoms with Gasteiger partial charge >= 0.3 is 0 Å². The maximum absolute atomic E-state index is 5.78. The molecule has 1 fully saturated rings. The Hall–Kier alpha value is -0.120. The van der Waals surface area contributed by atoms with Gasteiger partial charge in [-0.25, -0.2) is 0 Å². The molecule has 3 heteroatoms. The Labute approximate surface area is 126 Å². The van der Waals surface area contributed by atoms with Gasteiger partial charge in [-0.1, -0.05) is 34.6 Å². The fourth-order valence-electron chi connectivity index (χ4n) is 3.22. The molecule has 1 unspecified atom stereocenters. The van der Waals surface area contributed by atoms with Gasteiger partial charge in [0.05, 0.1) is 12.7 Å². The second-order valence-corrected chi connectivity index (χ2v) is 7.64. The van der Waals surface area contributed by atoms with Crippen LogP contribution in [0.15, 0.2) is 0 Å². The van der Waals surface area contributed by atoms with Gasteiger partial charge in [-0.05, 0) is 32.1 Å². The largest absolute Gasteiger partial charge is 0.377 e. The summed E-state index contributed by atoms with van der Waals surface area (Å²) < 4.78 is 5.78. The van der Waals surface area contributed by atoms with Crippen LogP contribution in [0.4, 0.5) is 0 Å². The SMILES string of the molecule is CCC1(CC)CN(CCOC(C)C)C(C(C)(C)C)CN1. The third kappa shape index (κ3) is 4.71. The Morgan fingerprint density at radius 1 is 1.25 bits per heavy atom. The summed E-state index contributed by atoms with van der Waals surface area (Å²) in [7, 11) is 0. The van der Waals surface area contributed by atoms with E-state index in [0.29, 0.717) is 23.1 Å². The van der Waals surface area contributed by atoms with Crippen molar-refractivity contribution >= 4 is 0 Å². The molecular formula is C17H36N2O. The molecule has 0 bridgehead atoms. The van der Waals surface area contributed by atoms with Crippen molar-refractivity contribution in [3.63, 3.8) is 0 Å². The van der Waals surface area contributed by atoms with E-state index in [1.807, 2.05) is 0 Å². The first-order valence-corrected chi connectivity index (χ1v) is 8.35. The minimum Gasteiger partial charge on any atom is -0.377 e. The highest BCUT2D eigenvalue weighted by Crippen LogP contribution is 2.31. The van der Waals surface area contributed by atoms with E-state index in [1.54, 1.807) is 0 Å². The minimum atomic E-state index is 0.291. The van der Waals surface area contributed by atoms with Crippen molar-refractivity contribution in [3.8, 4) is 0 Å². The summed E-state index contributed by atoms with van der Waals surface area (Å²) in [5.74, 6) is 0. The van der Waals surface area contributed by atoms with Crippen molar-refractivity contribution in [1.29, 1.82) is 0 Å². The van der Waals surface area contributed by atoms with Crippen molar-refractivity contribution < 1.29 is 4.74 Å². The fraction of sp³-hybridized carbons (Fsp3) is 1.00. The topological polar surface area (TPSA) is 24.5 Å². The van der Waals surface area contributed by atoms with Gasteiger partial charge in [0, 0.05) is 31.2 Å². The van der Waals surface area contributed by atoms with Crippen LogP contribution >= 0.6 is 0 Å². The number of hydrogen-bond acceptors (Lipinski definition) is 3. The van der Waals surface area contributed by atoms with E-state index < -0.39 is 0 Å². The molecule has 3 nitrogen and oxygen atoms in total. The Kier molecular flexibility index (Phi) is 6.49. The summed E-state index contributed by atoms with van der Waals surface area (Å²) in [5, 5.41) is 3.84. The molecule has 1 aliphatic heterocycles. The van der Waals surface area contributed by atoms with Gasteiger partial charge in [-0.2, -0.15) is 0 Å². The molecule has 1 saturated heterocycles. The predicted molar refractivity (Wildman–Crippen MR) is 87.2 cm³/mol. The van der Waals surface area contributed by atoms with Gasteiger partial charge < -0.3 is 10.1 Å². The summed E-state index contributed by atoms with van der Waals surface area (Å²) in [4.78, 5) is 2.66. The maximum atomic E-state index is 5.78. The average Bonchev–Trinajstić information content (AvgIpc) is 2.36. The molecule has 120 valence electrons. The molecule has 1 atom stereocenters. The lowest BCUT2D eigenvalue weighted by atomic mass is 9.80. The van der Waals surface area contributed by atoms with Gasteiger partial charge in [0.2, 0.25) is 0 Å². The first-order valence-electron chi connectivity index (χ1n) is 8.35. The van der Waals surface area contributed by atoms with E-state index in [4.69, 9.17) is 4.74 Å². The molecule has 1 N–H and O–H groups in total. The maximum Gasteiger partial charge on any atom is 0.0597 e. The van der Waals surface area contributed by atoms with E-state index in [0.717, 1.165) is 26.2 Å². The van der Waals surface area contributed by atoms with E-state index in [2.05, 4.69) is 58.7 Å². The number of hydrogen-bond donors (Lipinski definition) is 1. The standard InChI is InChI=1S/C17H36N2O/c1-8-17(9-2)13-19(10-11-20-14(3)4)15(12-18-17)16(5,6)7/h14-15,18H,8-13H2,1-7H3. The number of ether oxygens (including phenoxy) is 1. The van der Waals surface area contributed by atoms with Gasteiger partial charge in [0.1, 0.15) is 0 Å². The lowest BCUT2D eigenvalue weighted by Gasteiger charge is -2.51. The van der Waals surface area contributed by atoms with Crippen molar-refractivity contribution in [2.24, 2.45) is 5.41 Å². The summed E-state index contributed by atoms with van der Waals surface area (Å²) in [6.45, 7) is 20.0. The Bertz CT molecular complexity index is 279. The molecule has 0 amide bonds. The van der Waals surface area contributed by atoms with E-state index in [9.17, 15) is 0 Å². The minimum absolute atomic E-state index is 0.291. The van der Waals surface area contributed by atoms with Crippen molar-refractivity contribution in [2.75, 3.05) is 26.2 Å². The van der Waals surface area contributed by atoms with E-state index in [-0.39, 0.29) is 0 Å². The van der Waals surface area contributed by atoms with Crippen LogP contribution in [-0.4, -0.2) is 48.8 Å². The van der Waals surface area contributed by atoms with Crippen LogP contribution in [0.25, 0.3) is 0 Å². The van der Waals surface area contributed by atoms with Crippen molar-refractivity contribution in [1.82, 2.24) is 10.2 Å². The van der Waals surface area contributed by atoms with Crippen LogP contribution in [0, 0.1) is 5.41 Å². The van der Waals surface area contributed by atoms with E-state index in [1.165, 1.54) is 12.8 Å². The molecule has 0 aromatic heterocycles. The lowest BCUT2D eigenvalue weighted by molar-refractivity contribution is -0.0117. The summed E-state index contributed by atoms with van der Waals surface area (Å²) in [6, 6.07) is 0.587. The number of nitrogens with one attached hydrogen (secondary N) is 1. The smallest absolute Gasteiger partial charge is 0.0597 e. The molecular weight excluding hydrogens is 248 g/mol. The van der Waals surface area contributed by atoms with Crippen molar-refractivity contribution in [3.05, 3.63) is 0 Å². The third-order valence-corrected chi connectivity index (χ3v) is 4.80. The van der Waals surface area contributed by atoms with Crippen LogP contribution in [-0.2, 0) is 4.74 Å². The molecule has 0 radical (unpaired) electrons. The van der Waals surface area contributed by atoms with E-state index >= 15 is 0 Å². The molecule has 1 rings (SSSR count). The van der Waals surface area contributed by atoms with Crippen LogP contribution in [0.3, 0.4) is 0 Å². The second-order valence-electron chi connectivity index (χ2n) is 7.64. The second kappa shape index (κ2) is 7.24. The number of nitrogens with zero attached hydrogens (tertiary/aromatic N) is 1. The molecule has 1 aliphatic rings. The monoisotopic (exact) mass is 284 g/mol. The van der Waals surface area contributed by atoms with Gasteiger partial charge in [-0.15, -0.1) is 0 Å². The fourth-order valence-corrected chi connectivity index (χ4v) is 3.22. The Morgan fingerprint density at radius 3 is 2.30 bits per heavy atom. The zero-order valence-electron chi connectivity index (χ0n) is 14.8. The Balaban J connectivity index is 2.73. The van der Waals surface area contributed by atoms with Crippen LogP contribution in [0.2, 0.25) is 0 Å². The highest BCUT2D eigenvalue weighted by Gasteiger charge is 2.40. The van der Waals surface area contributed by atoms with Crippen LogP contribution in [0.5, 0.6) is 0 Å². The first-order chi connectivity index (χ1) is 9.24. The quantitative estimate of drug-likeness (QED) is 0.810. The van der Waals surface area contributed by atoms with Crippen molar-refractivity contribution in [2.45, 2.75) is 79.0 Å². The molecule has 0 saturated carbocycles.